The summed E-state index contributed by atoms with van der Waals surface area (Å²) in [4.78, 5) is 2.35. The summed E-state index contributed by atoms with van der Waals surface area (Å²) in [7, 11) is 0. The average Bonchev–Trinajstić information content (AvgIpc) is 2.13. The second-order valence-electron chi connectivity index (χ2n) is 5.15. The lowest BCUT2D eigenvalue weighted by Crippen LogP contribution is -2.46. The molecular formula is C13H26N2. The molecular weight excluding hydrogens is 184 g/mol. The fraction of sp³-hybridized carbons (Fsp3) is 0.846. The number of rotatable bonds is 6. The van der Waals surface area contributed by atoms with Crippen LogP contribution in [-0.2, 0) is 0 Å². The van der Waals surface area contributed by atoms with E-state index in [1.807, 2.05) is 0 Å². The Morgan fingerprint density at radius 2 is 2.00 bits per heavy atom. The molecule has 0 aromatic heterocycles. The zero-order chi connectivity index (χ0) is 11.9. The van der Waals surface area contributed by atoms with E-state index in [1.165, 1.54) is 0 Å². The third-order valence-electron chi connectivity index (χ3n) is 2.36. The maximum Gasteiger partial charge on any atom is 0.0601 e. The summed E-state index contributed by atoms with van der Waals surface area (Å²) < 4.78 is 0. The molecule has 0 aliphatic rings. The molecule has 88 valence electrons. The molecule has 0 aliphatic heterocycles. The van der Waals surface area contributed by atoms with Crippen LogP contribution in [0.15, 0.2) is 0 Å². The normalized spacial score (nSPS) is 13.9. The molecule has 0 rings (SSSR count). The maximum absolute atomic E-state index is 5.37. The summed E-state index contributed by atoms with van der Waals surface area (Å²) in [6, 6.07) is 0.500. The number of nitrogens with one attached hydrogen (secondary N) is 1. The maximum atomic E-state index is 5.37. The molecule has 0 amide bonds. The molecule has 0 bridgehead atoms. The summed E-state index contributed by atoms with van der Waals surface area (Å²) in [5.74, 6) is 2.73. The largest absolute Gasteiger partial charge is 0.311 e. The Labute approximate surface area is 95.4 Å². The number of nitrogens with zero attached hydrogens (tertiary/aromatic N) is 1. The molecule has 15 heavy (non-hydrogen) atoms. The Kier molecular flexibility index (Phi) is 6.63. The van der Waals surface area contributed by atoms with Crippen molar-refractivity contribution in [2.75, 3.05) is 19.6 Å². The first-order valence-electron chi connectivity index (χ1n) is 5.83. The monoisotopic (exact) mass is 210 g/mol. The van der Waals surface area contributed by atoms with Crippen molar-refractivity contribution >= 4 is 0 Å². The van der Waals surface area contributed by atoms with Crippen molar-refractivity contribution in [3.8, 4) is 12.3 Å². The van der Waals surface area contributed by atoms with Gasteiger partial charge in [-0.05, 0) is 40.7 Å². The molecule has 0 heterocycles. The summed E-state index contributed by atoms with van der Waals surface area (Å²) in [5.41, 5.74) is 0.183. The molecule has 1 N–H and O–H groups in total. The highest BCUT2D eigenvalue weighted by atomic mass is 15.2. The van der Waals surface area contributed by atoms with Gasteiger partial charge in [0, 0.05) is 18.1 Å². The number of hydrogen-bond donors (Lipinski definition) is 1. The van der Waals surface area contributed by atoms with E-state index in [1.54, 1.807) is 0 Å². The van der Waals surface area contributed by atoms with Crippen LogP contribution >= 0.6 is 0 Å². The Morgan fingerprint density at radius 3 is 2.40 bits per heavy atom. The first-order chi connectivity index (χ1) is 6.90. The van der Waals surface area contributed by atoms with Crippen molar-refractivity contribution in [1.82, 2.24) is 10.2 Å². The molecule has 2 heteroatoms. The topological polar surface area (TPSA) is 15.3 Å². The lowest BCUT2D eigenvalue weighted by Gasteiger charge is -2.30. The highest BCUT2D eigenvalue weighted by Crippen LogP contribution is 2.03. The van der Waals surface area contributed by atoms with Gasteiger partial charge in [0.25, 0.3) is 0 Å². The highest BCUT2D eigenvalue weighted by molar-refractivity contribution is 4.90. The van der Waals surface area contributed by atoms with Crippen molar-refractivity contribution in [2.24, 2.45) is 0 Å². The lowest BCUT2D eigenvalue weighted by atomic mass is 10.1. The van der Waals surface area contributed by atoms with Gasteiger partial charge in [0.15, 0.2) is 0 Å². The quantitative estimate of drug-likeness (QED) is 0.676. The summed E-state index contributed by atoms with van der Waals surface area (Å²) in [6.07, 6.45) is 6.52. The van der Waals surface area contributed by atoms with E-state index in [9.17, 15) is 0 Å². The number of hydrogen-bond acceptors (Lipinski definition) is 2. The molecule has 0 aromatic carbocycles. The van der Waals surface area contributed by atoms with E-state index in [2.05, 4.69) is 50.8 Å². The molecule has 2 nitrogen and oxygen atoms in total. The van der Waals surface area contributed by atoms with Crippen molar-refractivity contribution in [3.05, 3.63) is 0 Å². The minimum Gasteiger partial charge on any atom is -0.311 e. The molecule has 0 aliphatic carbocycles. The molecule has 0 saturated carbocycles. The van der Waals surface area contributed by atoms with Crippen LogP contribution in [0, 0.1) is 12.3 Å². The number of terminal acetylenes is 1. The average molecular weight is 210 g/mol. The third-order valence-corrected chi connectivity index (χ3v) is 2.36. The van der Waals surface area contributed by atoms with Crippen molar-refractivity contribution < 1.29 is 0 Å². The minimum absolute atomic E-state index is 0.183. The van der Waals surface area contributed by atoms with E-state index in [0.717, 1.165) is 26.1 Å². The van der Waals surface area contributed by atoms with Crippen LogP contribution in [0.1, 0.15) is 41.0 Å². The zero-order valence-electron chi connectivity index (χ0n) is 10.9. The van der Waals surface area contributed by atoms with E-state index in [4.69, 9.17) is 6.42 Å². The smallest absolute Gasteiger partial charge is 0.0601 e. The van der Waals surface area contributed by atoms with Crippen LogP contribution in [0.4, 0.5) is 0 Å². The Morgan fingerprint density at radius 1 is 1.40 bits per heavy atom. The first-order valence-corrected chi connectivity index (χ1v) is 5.83. The molecule has 0 radical (unpaired) electrons. The van der Waals surface area contributed by atoms with E-state index in [0.29, 0.717) is 6.04 Å². The second kappa shape index (κ2) is 6.87. The fourth-order valence-corrected chi connectivity index (χ4v) is 1.44. The molecule has 1 atom stereocenters. The van der Waals surface area contributed by atoms with Gasteiger partial charge in [0.2, 0.25) is 0 Å². The summed E-state index contributed by atoms with van der Waals surface area (Å²) >= 11 is 0. The van der Waals surface area contributed by atoms with Crippen LogP contribution in [0.5, 0.6) is 0 Å². The van der Waals surface area contributed by atoms with Gasteiger partial charge in [-0.2, -0.15) is 0 Å². The van der Waals surface area contributed by atoms with Gasteiger partial charge in [-0.15, -0.1) is 6.42 Å². The van der Waals surface area contributed by atoms with Crippen LogP contribution in [0.25, 0.3) is 0 Å². The van der Waals surface area contributed by atoms with Crippen molar-refractivity contribution in [1.29, 1.82) is 0 Å². The third kappa shape index (κ3) is 7.41. The minimum atomic E-state index is 0.183. The molecule has 0 saturated heterocycles. The van der Waals surface area contributed by atoms with Crippen molar-refractivity contribution in [3.63, 3.8) is 0 Å². The van der Waals surface area contributed by atoms with Gasteiger partial charge in [0.1, 0.15) is 0 Å². The van der Waals surface area contributed by atoms with Crippen molar-refractivity contribution in [2.45, 2.75) is 52.6 Å². The lowest BCUT2D eigenvalue weighted by molar-refractivity contribution is 0.217. The van der Waals surface area contributed by atoms with Crippen LogP contribution in [-0.4, -0.2) is 36.1 Å². The zero-order valence-corrected chi connectivity index (χ0v) is 10.9. The Hall–Kier alpha value is -0.520. The van der Waals surface area contributed by atoms with Gasteiger partial charge < -0.3 is 5.32 Å². The van der Waals surface area contributed by atoms with Gasteiger partial charge in [0.05, 0.1) is 6.54 Å². The standard InChI is InChI=1S/C13H26N2/c1-7-9-15(10-8-2)12(3)11-14-13(4,5)6/h1,12,14H,8-11H2,2-6H3. The molecule has 0 aromatic rings. The second-order valence-corrected chi connectivity index (χ2v) is 5.15. The SMILES string of the molecule is C#CCN(CCC)C(C)CNC(C)(C)C. The van der Waals surface area contributed by atoms with Gasteiger partial charge in [-0.3, -0.25) is 4.90 Å². The predicted octanol–water partition coefficient (Wildman–Crippen LogP) is 2.11. The Bertz CT molecular complexity index is 198. The first kappa shape index (κ1) is 14.5. The van der Waals surface area contributed by atoms with Crippen LogP contribution < -0.4 is 5.32 Å². The summed E-state index contributed by atoms with van der Waals surface area (Å²) in [5, 5.41) is 3.51. The summed E-state index contributed by atoms with van der Waals surface area (Å²) in [6.45, 7) is 13.8. The Balaban J connectivity index is 4.03. The van der Waals surface area contributed by atoms with Crippen LogP contribution in [0.3, 0.4) is 0 Å². The predicted molar refractivity (Wildman–Crippen MR) is 67.9 cm³/mol. The van der Waals surface area contributed by atoms with E-state index >= 15 is 0 Å². The van der Waals surface area contributed by atoms with E-state index in [-0.39, 0.29) is 5.54 Å². The molecule has 1 unspecified atom stereocenters. The van der Waals surface area contributed by atoms with Crippen LogP contribution in [0.2, 0.25) is 0 Å². The van der Waals surface area contributed by atoms with E-state index < -0.39 is 0 Å². The fourth-order valence-electron chi connectivity index (χ4n) is 1.44. The molecule has 0 spiro atoms. The molecule has 0 fully saturated rings. The van der Waals surface area contributed by atoms with Gasteiger partial charge >= 0.3 is 0 Å². The highest BCUT2D eigenvalue weighted by Gasteiger charge is 2.15. The van der Waals surface area contributed by atoms with Gasteiger partial charge in [-0.25, -0.2) is 0 Å². The van der Waals surface area contributed by atoms with Gasteiger partial charge in [-0.1, -0.05) is 12.8 Å².